The van der Waals surface area contributed by atoms with Gasteiger partial charge in [0.15, 0.2) is 0 Å². The first-order chi connectivity index (χ1) is 11.4. The molecule has 1 aromatic carbocycles. The van der Waals surface area contributed by atoms with Crippen molar-refractivity contribution >= 4 is 22.4 Å². The van der Waals surface area contributed by atoms with Gasteiger partial charge in [-0.2, -0.15) is 9.40 Å². The smallest absolute Gasteiger partial charge is 0.243 e. The number of sulfonamides is 1. The molecule has 0 spiro atoms. The van der Waals surface area contributed by atoms with E-state index < -0.39 is 15.8 Å². The summed E-state index contributed by atoms with van der Waals surface area (Å²) in [6.07, 6.45) is 4.81. The number of piperidine rings is 1. The Hall–Kier alpha value is -1.48. The molecular weight excluding hydrogens is 367 g/mol. The van der Waals surface area contributed by atoms with Crippen LogP contribution in [0.4, 0.5) is 4.39 Å². The van der Waals surface area contributed by atoms with E-state index in [0.717, 1.165) is 37.6 Å². The standard InChI is InChI=1S/C16H21FN4O2S.ClH/c1-12-10-19-21(11-12)16-4-3-14(9-15(16)17)24(22,23)20(2)13-5-7-18-8-6-13;/h3-4,9-11,13,18H,5-8H2,1-2H3;1H. The maximum atomic E-state index is 14.4. The van der Waals surface area contributed by atoms with Crippen LogP contribution in [0.5, 0.6) is 0 Å². The molecule has 0 amide bonds. The summed E-state index contributed by atoms with van der Waals surface area (Å²) in [6, 6.07) is 3.89. The number of hydrogen-bond acceptors (Lipinski definition) is 4. The second-order valence-corrected chi connectivity index (χ2v) is 8.08. The number of aryl methyl sites for hydroxylation is 1. The molecule has 9 heteroatoms. The Bertz CT molecular complexity index is 834. The van der Waals surface area contributed by atoms with Crippen LogP contribution in [0.3, 0.4) is 0 Å². The molecular formula is C16H22ClFN4O2S. The summed E-state index contributed by atoms with van der Waals surface area (Å²) in [5.74, 6) is -0.613. The van der Waals surface area contributed by atoms with Crippen molar-refractivity contribution in [3.05, 3.63) is 42.0 Å². The second kappa shape index (κ2) is 7.82. The molecule has 1 fully saturated rings. The normalized spacial score (nSPS) is 16.0. The molecule has 1 aliphatic rings. The van der Waals surface area contributed by atoms with E-state index >= 15 is 0 Å². The molecule has 0 saturated carbocycles. The van der Waals surface area contributed by atoms with Gasteiger partial charge in [0.2, 0.25) is 10.0 Å². The van der Waals surface area contributed by atoms with Crippen LogP contribution in [0.2, 0.25) is 0 Å². The van der Waals surface area contributed by atoms with Gasteiger partial charge in [0.25, 0.3) is 0 Å². The van der Waals surface area contributed by atoms with Gasteiger partial charge >= 0.3 is 0 Å². The average molecular weight is 389 g/mol. The number of rotatable bonds is 4. The zero-order valence-corrected chi connectivity index (χ0v) is 15.8. The quantitative estimate of drug-likeness (QED) is 0.871. The lowest BCUT2D eigenvalue weighted by molar-refractivity contribution is 0.296. The molecule has 0 atom stereocenters. The highest BCUT2D eigenvalue weighted by Gasteiger charge is 2.29. The van der Waals surface area contributed by atoms with Crippen molar-refractivity contribution < 1.29 is 12.8 Å². The maximum absolute atomic E-state index is 14.4. The first kappa shape index (κ1) is 19.8. The molecule has 6 nitrogen and oxygen atoms in total. The van der Waals surface area contributed by atoms with Crippen molar-refractivity contribution in [1.29, 1.82) is 0 Å². The van der Waals surface area contributed by atoms with E-state index in [0.29, 0.717) is 0 Å². The van der Waals surface area contributed by atoms with Crippen molar-refractivity contribution in [2.75, 3.05) is 20.1 Å². The van der Waals surface area contributed by atoms with E-state index in [1.165, 1.54) is 21.1 Å². The maximum Gasteiger partial charge on any atom is 0.243 e. The summed E-state index contributed by atoms with van der Waals surface area (Å²) in [5.41, 5.74) is 1.13. The van der Waals surface area contributed by atoms with Crippen LogP contribution < -0.4 is 5.32 Å². The highest BCUT2D eigenvalue weighted by molar-refractivity contribution is 7.89. The number of aromatic nitrogens is 2. The minimum atomic E-state index is -3.72. The summed E-state index contributed by atoms with van der Waals surface area (Å²) in [5, 5.41) is 7.26. The third-order valence-corrected chi connectivity index (χ3v) is 6.28. The van der Waals surface area contributed by atoms with Gasteiger partial charge in [-0.15, -0.1) is 12.4 Å². The fourth-order valence-corrected chi connectivity index (χ4v) is 4.34. The first-order valence-electron chi connectivity index (χ1n) is 7.89. The number of hydrogen-bond donors (Lipinski definition) is 1. The van der Waals surface area contributed by atoms with Gasteiger partial charge in [-0.05, 0) is 56.6 Å². The van der Waals surface area contributed by atoms with Gasteiger partial charge in [0.1, 0.15) is 11.5 Å². The molecule has 138 valence electrons. The number of benzene rings is 1. The molecule has 0 unspecified atom stereocenters. The van der Waals surface area contributed by atoms with Crippen LogP contribution >= 0.6 is 12.4 Å². The van der Waals surface area contributed by atoms with Gasteiger partial charge in [0.05, 0.1) is 11.1 Å². The highest BCUT2D eigenvalue weighted by atomic mass is 35.5. The largest absolute Gasteiger partial charge is 0.317 e. The molecule has 25 heavy (non-hydrogen) atoms. The SMILES string of the molecule is Cc1cnn(-c2ccc(S(=O)(=O)N(C)C3CCNCC3)cc2F)c1.Cl. The van der Waals surface area contributed by atoms with Crippen molar-refractivity contribution in [2.45, 2.75) is 30.7 Å². The molecule has 1 aromatic heterocycles. The van der Waals surface area contributed by atoms with E-state index in [9.17, 15) is 12.8 Å². The van der Waals surface area contributed by atoms with Gasteiger partial charge in [-0.25, -0.2) is 17.5 Å². The molecule has 1 saturated heterocycles. The van der Waals surface area contributed by atoms with E-state index in [4.69, 9.17) is 0 Å². The molecule has 2 heterocycles. The Morgan fingerprint density at radius 2 is 2.00 bits per heavy atom. The first-order valence-corrected chi connectivity index (χ1v) is 9.33. The van der Waals surface area contributed by atoms with Crippen LogP contribution in [-0.2, 0) is 10.0 Å². The summed E-state index contributed by atoms with van der Waals surface area (Å²) < 4.78 is 42.7. The predicted molar refractivity (Wildman–Crippen MR) is 96.3 cm³/mol. The summed E-state index contributed by atoms with van der Waals surface area (Å²) >= 11 is 0. The molecule has 0 bridgehead atoms. The van der Waals surface area contributed by atoms with E-state index in [-0.39, 0.29) is 29.0 Å². The Morgan fingerprint density at radius 1 is 1.32 bits per heavy atom. The van der Waals surface area contributed by atoms with E-state index in [2.05, 4.69) is 10.4 Å². The average Bonchev–Trinajstić information content (AvgIpc) is 3.01. The van der Waals surface area contributed by atoms with Gasteiger partial charge in [-0.1, -0.05) is 0 Å². The second-order valence-electron chi connectivity index (χ2n) is 6.08. The van der Waals surface area contributed by atoms with Crippen LogP contribution in [-0.4, -0.2) is 48.7 Å². The molecule has 1 aliphatic heterocycles. The van der Waals surface area contributed by atoms with E-state index in [1.807, 2.05) is 6.92 Å². The summed E-state index contributed by atoms with van der Waals surface area (Å²) in [6.45, 7) is 3.43. The van der Waals surface area contributed by atoms with Crippen molar-refractivity contribution in [3.63, 3.8) is 0 Å². The Balaban J connectivity index is 0.00000225. The minimum absolute atomic E-state index is 0. The topological polar surface area (TPSA) is 67.2 Å². The van der Waals surface area contributed by atoms with Crippen LogP contribution in [0, 0.1) is 12.7 Å². The lowest BCUT2D eigenvalue weighted by atomic mass is 10.1. The fourth-order valence-electron chi connectivity index (χ4n) is 2.91. The lowest BCUT2D eigenvalue weighted by Gasteiger charge is -2.30. The Kier molecular flexibility index (Phi) is 6.21. The fraction of sp³-hybridized carbons (Fsp3) is 0.438. The third kappa shape index (κ3) is 4.03. The van der Waals surface area contributed by atoms with Gasteiger partial charge in [-0.3, -0.25) is 0 Å². The van der Waals surface area contributed by atoms with Gasteiger partial charge in [0, 0.05) is 19.3 Å². The zero-order valence-electron chi connectivity index (χ0n) is 14.1. The molecule has 3 rings (SSSR count). The molecule has 0 aliphatic carbocycles. The number of nitrogens with one attached hydrogen (secondary N) is 1. The molecule has 0 radical (unpaired) electrons. The Morgan fingerprint density at radius 3 is 2.56 bits per heavy atom. The zero-order chi connectivity index (χ0) is 17.3. The van der Waals surface area contributed by atoms with Crippen LogP contribution in [0.15, 0.2) is 35.5 Å². The number of nitrogens with zero attached hydrogens (tertiary/aromatic N) is 3. The van der Waals surface area contributed by atoms with Crippen LogP contribution in [0.1, 0.15) is 18.4 Å². The molecule has 1 N–H and O–H groups in total. The highest BCUT2D eigenvalue weighted by Crippen LogP contribution is 2.24. The summed E-state index contributed by atoms with van der Waals surface area (Å²) in [7, 11) is -2.16. The monoisotopic (exact) mass is 388 g/mol. The Labute approximate surface area is 153 Å². The van der Waals surface area contributed by atoms with Crippen molar-refractivity contribution in [2.24, 2.45) is 0 Å². The minimum Gasteiger partial charge on any atom is -0.317 e. The predicted octanol–water partition coefficient (Wildman–Crippen LogP) is 2.11. The van der Waals surface area contributed by atoms with Crippen LogP contribution in [0.25, 0.3) is 5.69 Å². The third-order valence-electron chi connectivity index (χ3n) is 4.38. The lowest BCUT2D eigenvalue weighted by Crippen LogP contribution is -2.43. The van der Waals surface area contributed by atoms with Gasteiger partial charge < -0.3 is 5.32 Å². The van der Waals surface area contributed by atoms with Crippen molar-refractivity contribution in [1.82, 2.24) is 19.4 Å². The van der Waals surface area contributed by atoms with Crippen molar-refractivity contribution in [3.8, 4) is 5.69 Å². The van der Waals surface area contributed by atoms with E-state index in [1.54, 1.807) is 19.4 Å². The number of halogens is 2. The molecule has 2 aromatic rings. The summed E-state index contributed by atoms with van der Waals surface area (Å²) in [4.78, 5) is -0.0336.